The van der Waals surface area contributed by atoms with Gasteiger partial charge in [0.05, 0.1) is 0 Å². The second-order valence-electron chi connectivity index (χ2n) is 7.58. The maximum absolute atomic E-state index is 13.6. The van der Waals surface area contributed by atoms with Gasteiger partial charge in [0.1, 0.15) is 5.82 Å². The molecule has 116 valence electrons. The third kappa shape index (κ3) is 3.00. The molecule has 3 heteroatoms. The Hall–Kier alpha value is -0.930. The van der Waals surface area contributed by atoms with Crippen molar-refractivity contribution >= 4 is 0 Å². The van der Waals surface area contributed by atoms with Gasteiger partial charge >= 0.3 is 0 Å². The summed E-state index contributed by atoms with van der Waals surface area (Å²) in [7, 11) is 0. The van der Waals surface area contributed by atoms with E-state index in [0.717, 1.165) is 25.2 Å². The number of nitrogens with zero attached hydrogens (tertiary/aromatic N) is 1. The van der Waals surface area contributed by atoms with Gasteiger partial charge in [-0.05, 0) is 56.9 Å². The average Bonchev–Trinajstić information content (AvgIpc) is 2.88. The Kier molecular flexibility index (Phi) is 3.83. The van der Waals surface area contributed by atoms with E-state index < -0.39 is 0 Å². The van der Waals surface area contributed by atoms with Crippen molar-refractivity contribution in [2.75, 3.05) is 13.1 Å². The zero-order chi connectivity index (χ0) is 15.1. The van der Waals surface area contributed by atoms with Crippen LogP contribution in [0.2, 0.25) is 0 Å². The van der Waals surface area contributed by atoms with E-state index >= 15 is 0 Å². The van der Waals surface area contributed by atoms with Crippen LogP contribution in [-0.4, -0.2) is 29.1 Å². The Morgan fingerprint density at radius 3 is 2.67 bits per heavy atom. The Labute approximate surface area is 127 Å². The van der Waals surface area contributed by atoms with E-state index in [1.807, 2.05) is 6.07 Å². The van der Waals surface area contributed by atoms with Crippen molar-refractivity contribution in [2.45, 2.75) is 64.1 Å². The molecule has 1 aromatic rings. The molecule has 0 atom stereocenters. The first kappa shape index (κ1) is 15.0. The fourth-order valence-electron chi connectivity index (χ4n) is 3.82. The number of halogens is 1. The molecule has 3 rings (SSSR count). The van der Waals surface area contributed by atoms with Gasteiger partial charge < -0.3 is 5.32 Å². The van der Waals surface area contributed by atoms with Gasteiger partial charge in [-0.15, -0.1) is 0 Å². The van der Waals surface area contributed by atoms with Gasteiger partial charge in [0.15, 0.2) is 0 Å². The van der Waals surface area contributed by atoms with Crippen molar-refractivity contribution in [1.82, 2.24) is 10.2 Å². The maximum atomic E-state index is 13.6. The van der Waals surface area contributed by atoms with Gasteiger partial charge in [-0.2, -0.15) is 0 Å². The number of hydrogen-bond donors (Lipinski definition) is 1. The third-order valence-electron chi connectivity index (χ3n) is 5.48. The first-order valence-corrected chi connectivity index (χ1v) is 8.15. The quantitative estimate of drug-likeness (QED) is 0.895. The molecule has 0 amide bonds. The van der Waals surface area contributed by atoms with E-state index in [4.69, 9.17) is 0 Å². The highest BCUT2D eigenvalue weighted by Crippen LogP contribution is 2.36. The zero-order valence-corrected chi connectivity index (χ0v) is 13.5. The lowest BCUT2D eigenvalue weighted by Crippen LogP contribution is -2.66. The minimum Gasteiger partial charge on any atom is -0.308 e. The molecule has 1 spiro atoms. The fraction of sp³-hybridized carbons (Fsp3) is 0.667. The second kappa shape index (κ2) is 5.36. The van der Waals surface area contributed by atoms with Crippen LogP contribution in [0, 0.1) is 12.7 Å². The second-order valence-corrected chi connectivity index (χ2v) is 7.58. The molecule has 1 aliphatic carbocycles. The van der Waals surface area contributed by atoms with Gasteiger partial charge in [0.2, 0.25) is 0 Å². The summed E-state index contributed by atoms with van der Waals surface area (Å²) in [5, 5.41) is 3.81. The molecule has 1 N–H and O–H groups in total. The summed E-state index contributed by atoms with van der Waals surface area (Å²) in [4.78, 5) is 2.55. The number of nitrogens with one attached hydrogen (secondary N) is 1. The molecule has 1 heterocycles. The van der Waals surface area contributed by atoms with Crippen LogP contribution in [-0.2, 0) is 6.54 Å². The number of hydrogen-bond acceptors (Lipinski definition) is 2. The van der Waals surface area contributed by atoms with Crippen LogP contribution in [0.5, 0.6) is 0 Å². The standard InChI is InChI=1S/C18H27FN2/c1-14-6-7-16(19)10-15(14)11-21-13-18(8-4-5-9-18)20-12-17(21,2)3/h6-7,10,20H,4-5,8-9,11-13H2,1-3H3. The summed E-state index contributed by atoms with van der Waals surface area (Å²) >= 11 is 0. The van der Waals surface area contributed by atoms with Gasteiger partial charge in [-0.3, -0.25) is 4.90 Å². The van der Waals surface area contributed by atoms with E-state index in [1.165, 1.54) is 31.2 Å². The van der Waals surface area contributed by atoms with Crippen molar-refractivity contribution in [3.63, 3.8) is 0 Å². The van der Waals surface area contributed by atoms with Crippen molar-refractivity contribution in [2.24, 2.45) is 0 Å². The predicted molar refractivity (Wildman–Crippen MR) is 84.8 cm³/mol. The van der Waals surface area contributed by atoms with E-state index in [9.17, 15) is 4.39 Å². The highest BCUT2D eigenvalue weighted by atomic mass is 19.1. The van der Waals surface area contributed by atoms with E-state index in [2.05, 4.69) is 31.0 Å². The average molecular weight is 290 g/mol. The van der Waals surface area contributed by atoms with Gasteiger partial charge in [-0.1, -0.05) is 18.9 Å². The lowest BCUT2D eigenvalue weighted by atomic mass is 9.87. The number of rotatable bonds is 2. The molecule has 2 fully saturated rings. The summed E-state index contributed by atoms with van der Waals surface area (Å²) in [6.07, 6.45) is 5.23. The Balaban J connectivity index is 1.82. The minimum absolute atomic E-state index is 0.118. The highest BCUT2D eigenvalue weighted by molar-refractivity contribution is 5.27. The summed E-state index contributed by atoms with van der Waals surface area (Å²) in [5.41, 5.74) is 2.73. The molecule has 1 aliphatic heterocycles. The molecule has 0 unspecified atom stereocenters. The molecule has 0 bridgehead atoms. The first-order chi connectivity index (χ1) is 9.90. The monoisotopic (exact) mass is 290 g/mol. The molecule has 1 saturated carbocycles. The van der Waals surface area contributed by atoms with Crippen molar-refractivity contribution in [3.8, 4) is 0 Å². The summed E-state index contributed by atoms with van der Waals surface area (Å²) in [6.45, 7) is 9.60. The van der Waals surface area contributed by atoms with Crippen LogP contribution < -0.4 is 5.32 Å². The summed E-state index contributed by atoms with van der Waals surface area (Å²) < 4.78 is 13.6. The Morgan fingerprint density at radius 2 is 1.95 bits per heavy atom. The van der Waals surface area contributed by atoms with E-state index in [0.29, 0.717) is 5.54 Å². The summed E-state index contributed by atoms with van der Waals surface area (Å²) in [5.74, 6) is -0.126. The number of benzene rings is 1. The molecular weight excluding hydrogens is 263 g/mol. The van der Waals surface area contributed by atoms with Crippen molar-refractivity contribution in [3.05, 3.63) is 35.1 Å². The fourth-order valence-corrected chi connectivity index (χ4v) is 3.82. The van der Waals surface area contributed by atoms with Gasteiger partial charge in [0.25, 0.3) is 0 Å². The summed E-state index contributed by atoms with van der Waals surface area (Å²) in [6, 6.07) is 5.15. The first-order valence-electron chi connectivity index (χ1n) is 8.15. The third-order valence-corrected chi connectivity index (χ3v) is 5.48. The smallest absolute Gasteiger partial charge is 0.123 e. The molecule has 0 aromatic heterocycles. The lowest BCUT2D eigenvalue weighted by molar-refractivity contribution is 0.0215. The Morgan fingerprint density at radius 1 is 1.24 bits per heavy atom. The topological polar surface area (TPSA) is 15.3 Å². The van der Waals surface area contributed by atoms with Crippen LogP contribution in [0.4, 0.5) is 4.39 Å². The van der Waals surface area contributed by atoms with E-state index in [-0.39, 0.29) is 11.4 Å². The predicted octanol–water partition coefficient (Wildman–Crippen LogP) is 3.63. The van der Waals surface area contributed by atoms with Crippen LogP contribution in [0.3, 0.4) is 0 Å². The van der Waals surface area contributed by atoms with Crippen molar-refractivity contribution < 1.29 is 4.39 Å². The molecule has 1 aromatic carbocycles. The largest absolute Gasteiger partial charge is 0.308 e. The van der Waals surface area contributed by atoms with Gasteiger partial charge in [-0.25, -0.2) is 4.39 Å². The van der Waals surface area contributed by atoms with Crippen LogP contribution in [0.1, 0.15) is 50.7 Å². The molecule has 21 heavy (non-hydrogen) atoms. The maximum Gasteiger partial charge on any atom is 0.123 e. The van der Waals surface area contributed by atoms with Crippen molar-refractivity contribution in [1.29, 1.82) is 0 Å². The molecule has 2 nitrogen and oxygen atoms in total. The van der Waals surface area contributed by atoms with Crippen LogP contribution >= 0.6 is 0 Å². The lowest BCUT2D eigenvalue weighted by Gasteiger charge is -2.51. The molecular formula is C18H27FN2. The van der Waals surface area contributed by atoms with Crippen LogP contribution in [0.25, 0.3) is 0 Å². The molecule has 0 radical (unpaired) electrons. The van der Waals surface area contributed by atoms with Crippen LogP contribution in [0.15, 0.2) is 18.2 Å². The normalized spacial score (nSPS) is 24.6. The molecule has 1 saturated heterocycles. The number of aryl methyl sites for hydroxylation is 1. The zero-order valence-electron chi connectivity index (χ0n) is 13.5. The van der Waals surface area contributed by atoms with Gasteiger partial charge in [0, 0.05) is 30.7 Å². The SMILES string of the molecule is Cc1ccc(F)cc1CN1CC2(CCCC2)NCC1(C)C. The molecule has 2 aliphatic rings. The Bertz CT molecular complexity index is 518. The minimum atomic E-state index is -0.126. The number of piperazine rings is 1. The van der Waals surface area contributed by atoms with E-state index in [1.54, 1.807) is 12.1 Å². The highest BCUT2D eigenvalue weighted by Gasteiger charge is 2.44.